The van der Waals surface area contributed by atoms with Crippen LogP contribution in [0.5, 0.6) is 0 Å². The summed E-state index contributed by atoms with van der Waals surface area (Å²) in [6.07, 6.45) is 3.48. The fourth-order valence-electron chi connectivity index (χ4n) is 2.87. The number of ketones is 1. The van der Waals surface area contributed by atoms with Gasteiger partial charge in [0.15, 0.2) is 11.6 Å². The van der Waals surface area contributed by atoms with Gasteiger partial charge in [-0.3, -0.25) is 4.79 Å². The fraction of sp³-hybridized carbons (Fsp3) is 0.222. The molecule has 2 aromatic heterocycles. The van der Waals surface area contributed by atoms with Crippen LogP contribution in [-0.4, -0.2) is 15.3 Å². The third-order valence-corrected chi connectivity index (χ3v) is 4.35. The average molecular weight is 311 g/mol. The highest BCUT2D eigenvalue weighted by atomic mass is 19.1. The minimum Gasteiger partial charge on any atom is -0.396 e. The second-order valence-corrected chi connectivity index (χ2v) is 5.91. The minimum absolute atomic E-state index is 0.0229. The van der Waals surface area contributed by atoms with Crippen molar-refractivity contribution in [3.05, 3.63) is 58.2 Å². The highest BCUT2D eigenvalue weighted by Gasteiger charge is 2.23. The van der Waals surface area contributed by atoms with E-state index in [1.54, 1.807) is 30.0 Å². The van der Waals surface area contributed by atoms with Crippen LogP contribution in [0.25, 0.3) is 11.0 Å². The van der Waals surface area contributed by atoms with Crippen molar-refractivity contribution in [2.45, 2.75) is 20.8 Å². The van der Waals surface area contributed by atoms with Gasteiger partial charge in [0.2, 0.25) is 0 Å². The number of carbonyl (C=O) groups is 1. The van der Waals surface area contributed by atoms with Gasteiger partial charge in [0.1, 0.15) is 5.65 Å². The topological polar surface area (TPSA) is 60.9 Å². The summed E-state index contributed by atoms with van der Waals surface area (Å²) in [5, 5.41) is 0.763. The van der Waals surface area contributed by atoms with E-state index in [1.807, 2.05) is 20.9 Å². The third kappa shape index (κ3) is 2.20. The molecule has 0 fully saturated rings. The maximum atomic E-state index is 14.4. The Labute approximate surface area is 133 Å². The summed E-state index contributed by atoms with van der Waals surface area (Å²) in [7, 11) is 1.82. The van der Waals surface area contributed by atoms with Crippen LogP contribution < -0.4 is 5.73 Å². The number of carbonyl (C=O) groups excluding carboxylic acids is 1. The first-order chi connectivity index (χ1) is 10.8. The molecule has 0 saturated carbocycles. The summed E-state index contributed by atoms with van der Waals surface area (Å²) in [6, 6.07) is 3.13. The van der Waals surface area contributed by atoms with E-state index in [1.165, 1.54) is 6.07 Å². The first-order valence-corrected chi connectivity index (χ1v) is 7.33. The normalized spacial score (nSPS) is 11.2. The number of hydrogen-bond acceptors (Lipinski definition) is 3. The molecule has 0 atom stereocenters. The van der Waals surface area contributed by atoms with E-state index in [0.717, 1.165) is 16.5 Å². The van der Waals surface area contributed by atoms with Crippen LogP contribution in [0.3, 0.4) is 0 Å². The Hall–Kier alpha value is -2.69. The second-order valence-electron chi connectivity index (χ2n) is 5.91. The van der Waals surface area contributed by atoms with E-state index in [9.17, 15) is 9.18 Å². The van der Waals surface area contributed by atoms with Gasteiger partial charge in [0.05, 0.1) is 16.8 Å². The molecule has 4 nitrogen and oxygen atoms in total. The fourth-order valence-corrected chi connectivity index (χ4v) is 2.87. The summed E-state index contributed by atoms with van der Waals surface area (Å²) in [4.78, 5) is 17.4. The molecule has 0 aliphatic rings. The maximum Gasteiger partial charge on any atom is 0.198 e. The number of nitrogens with zero attached hydrogens (tertiary/aromatic N) is 2. The zero-order chi connectivity index (χ0) is 16.9. The number of anilines is 1. The van der Waals surface area contributed by atoms with Crippen molar-refractivity contribution in [1.82, 2.24) is 9.55 Å². The molecule has 3 aromatic rings. The van der Waals surface area contributed by atoms with Crippen LogP contribution in [0.15, 0.2) is 24.5 Å². The van der Waals surface area contributed by atoms with Crippen molar-refractivity contribution < 1.29 is 9.18 Å². The number of nitrogens with two attached hydrogens (primary N) is 1. The van der Waals surface area contributed by atoms with Crippen LogP contribution in [0.4, 0.5) is 10.1 Å². The molecule has 1 aromatic carbocycles. The van der Waals surface area contributed by atoms with Gasteiger partial charge in [-0.15, -0.1) is 0 Å². The SMILES string of the molecule is Cc1ccc(N)c(F)c1C(=O)c1cn(C)c2ncc(C)c(C)c12. The molecule has 0 unspecified atom stereocenters. The number of nitrogen functional groups attached to an aromatic ring is 1. The summed E-state index contributed by atoms with van der Waals surface area (Å²) >= 11 is 0. The lowest BCUT2D eigenvalue weighted by molar-refractivity contribution is 0.103. The lowest BCUT2D eigenvalue weighted by Gasteiger charge is -2.09. The summed E-state index contributed by atoms with van der Waals surface area (Å²) < 4.78 is 16.2. The number of hydrogen-bond donors (Lipinski definition) is 1. The zero-order valence-corrected chi connectivity index (χ0v) is 13.6. The van der Waals surface area contributed by atoms with Crippen molar-refractivity contribution in [2.75, 3.05) is 5.73 Å². The summed E-state index contributed by atoms with van der Waals surface area (Å²) in [5.74, 6) is -1.03. The molecule has 0 radical (unpaired) electrons. The Bertz CT molecular complexity index is 957. The number of halogens is 1. The Morgan fingerprint density at radius 1 is 1.22 bits per heavy atom. The van der Waals surface area contributed by atoms with Crippen LogP contribution in [0, 0.1) is 26.6 Å². The van der Waals surface area contributed by atoms with Crippen molar-refractivity contribution in [1.29, 1.82) is 0 Å². The summed E-state index contributed by atoms with van der Waals surface area (Å²) in [6.45, 7) is 5.59. The van der Waals surface area contributed by atoms with E-state index in [4.69, 9.17) is 5.73 Å². The van der Waals surface area contributed by atoms with E-state index in [-0.39, 0.29) is 17.0 Å². The van der Waals surface area contributed by atoms with Gasteiger partial charge >= 0.3 is 0 Å². The molecule has 0 spiro atoms. The highest BCUT2D eigenvalue weighted by molar-refractivity contribution is 6.17. The maximum absolute atomic E-state index is 14.4. The van der Waals surface area contributed by atoms with Gasteiger partial charge in [-0.25, -0.2) is 9.37 Å². The molecule has 0 saturated heterocycles. The molecular weight excluding hydrogens is 293 g/mol. The van der Waals surface area contributed by atoms with Crippen molar-refractivity contribution >= 4 is 22.5 Å². The van der Waals surface area contributed by atoms with Gasteiger partial charge in [-0.05, 0) is 43.5 Å². The van der Waals surface area contributed by atoms with Crippen LogP contribution in [0.2, 0.25) is 0 Å². The van der Waals surface area contributed by atoms with Crippen LogP contribution >= 0.6 is 0 Å². The highest BCUT2D eigenvalue weighted by Crippen LogP contribution is 2.29. The van der Waals surface area contributed by atoms with Crippen molar-refractivity contribution in [3.63, 3.8) is 0 Å². The minimum atomic E-state index is -0.662. The molecule has 2 heterocycles. The van der Waals surface area contributed by atoms with Crippen molar-refractivity contribution in [2.24, 2.45) is 7.05 Å². The summed E-state index contributed by atoms with van der Waals surface area (Å²) in [5.41, 5.74) is 9.32. The van der Waals surface area contributed by atoms with Gasteiger partial charge in [-0.1, -0.05) is 6.07 Å². The van der Waals surface area contributed by atoms with Crippen molar-refractivity contribution in [3.8, 4) is 0 Å². The Balaban J connectivity index is 2.32. The third-order valence-electron chi connectivity index (χ3n) is 4.35. The van der Waals surface area contributed by atoms with E-state index in [2.05, 4.69) is 4.98 Å². The lowest BCUT2D eigenvalue weighted by atomic mass is 9.96. The predicted octanol–water partition coefficient (Wildman–Crippen LogP) is 3.45. The molecule has 3 rings (SSSR count). The number of fused-ring (bicyclic) bond motifs is 1. The monoisotopic (exact) mass is 311 g/mol. The van der Waals surface area contributed by atoms with Gasteiger partial charge < -0.3 is 10.3 Å². The van der Waals surface area contributed by atoms with E-state index < -0.39 is 5.82 Å². The Morgan fingerprint density at radius 3 is 2.61 bits per heavy atom. The number of aromatic nitrogens is 2. The smallest absolute Gasteiger partial charge is 0.198 e. The van der Waals surface area contributed by atoms with Crippen LogP contribution in [-0.2, 0) is 7.05 Å². The van der Waals surface area contributed by atoms with Gasteiger partial charge in [0, 0.05) is 24.8 Å². The molecule has 23 heavy (non-hydrogen) atoms. The predicted molar refractivity (Wildman–Crippen MR) is 89.2 cm³/mol. The van der Waals surface area contributed by atoms with E-state index in [0.29, 0.717) is 16.8 Å². The Kier molecular flexibility index (Phi) is 3.43. The number of pyridine rings is 1. The lowest BCUT2D eigenvalue weighted by Crippen LogP contribution is -2.09. The molecule has 2 N–H and O–H groups in total. The molecule has 5 heteroatoms. The standard InChI is InChI=1S/C18H18FN3O/c1-9-5-6-13(20)16(19)14(9)17(23)12-8-22(4)18-15(12)11(3)10(2)7-21-18/h5-8H,20H2,1-4H3. The van der Waals surface area contributed by atoms with Gasteiger partial charge in [0.25, 0.3) is 0 Å². The Morgan fingerprint density at radius 2 is 1.91 bits per heavy atom. The second kappa shape index (κ2) is 5.19. The number of rotatable bonds is 2. The molecule has 0 aliphatic heterocycles. The average Bonchev–Trinajstić information content (AvgIpc) is 2.85. The number of benzene rings is 1. The zero-order valence-electron chi connectivity index (χ0n) is 13.6. The molecular formula is C18H18FN3O. The number of aryl methyl sites for hydroxylation is 4. The quantitative estimate of drug-likeness (QED) is 0.582. The van der Waals surface area contributed by atoms with E-state index >= 15 is 0 Å². The molecule has 118 valence electrons. The molecule has 0 aliphatic carbocycles. The van der Waals surface area contributed by atoms with Crippen LogP contribution in [0.1, 0.15) is 32.6 Å². The van der Waals surface area contributed by atoms with Gasteiger partial charge in [-0.2, -0.15) is 0 Å². The molecule has 0 bridgehead atoms. The molecule has 0 amide bonds. The largest absolute Gasteiger partial charge is 0.396 e. The first-order valence-electron chi connectivity index (χ1n) is 7.33. The first kappa shape index (κ1) is 15.2.